The molecule has 1 aromatic heterocycles. The monoisotopic (exact) mass is 389 g/mol. The normalized spacial score (nSPS) is 18.3. The molecule has 1 aliphatic heterocycles. The zero-order valence-electron chi connectivity index (χ0n) is 16.0. The lowest BCUT2D eigenvalue weighted by molar-refractivity contribution is -0.132. The van der Waals surface area contributed by atoms with Crippen molar-refractivity contribution >= 4 is 23.1 Å². The van der Waals surface area contributed by atoms with E-state index in [2.05, 4.69) is 0 Å². The van der Waals surface area contributed by atoms with Crippen LogP contribution in [-0.4, -0.2) is 23.9 Å². The Morgan fingerprint density at radius 1 is 1.03 bits per heavy atom. The molecule has 2 heterocycles. The van der Waals surface area contributed by atoms with E-state index in [0.717, 1.165) is 0 Å². The fraction of sp³-hybridized carbons (Fsp3) is 0.130. The van der Waals surface area contributed by atoms with Gasteiger partial charge in [0, 0.05) is 11.3 Å². The number of ether oxygens (including phenoxy) is 1. The summed E-state index contributed by atoms with van der Waals surface area (Å²) in [6.07, 6.45) is 0. The van der Waals surface area contributed by atoms with Crippen molar-refractivity contribution in [3.05, 3.63) is 89.4 Å². The number of hydrogen-bond acceptors (Lipinski definition) is 5. The van der Waals surface area contributed by atoms with E-state index in [-0.39, 0.29) is 11.3 Å². The number of methoxy groups -OCH3 is 1. The molecule has 1 saturated heterocycles. The second kappa shape index (κ2) is 7.31. The largest absolute Gasteiger partial charge is 0.507 e. The van der Waals surface area contributed by atoms with Crippen molar-refractivity contribution < 1.29 is 23.8 Å². The topological polar surface area (TPSA) is 80.0 Å². The maximum atomic E-state index is 13.0. The predicted octanol–water partition coefficient (Wildman–Crippen LogP) is 4.22. The van der Waals surface area contributed by atoms with Crippen LogP contribution in [0, 0.1) is 6.92 Å². The number of anilines is 1. The standard InChI is InChI=1S/C23H19NO5/c1-14-11-12-18(29-14)20-19(21(25)15-7-6-10-17(13-15)28-2)22(26)23(27)24(20)16-8-4-3-5-9-16/h3-13,20,25H,1-2H3/b21-19-. The first-order valence-electron chi connectivity index (χ1n) is 9.08. The van der Waals surface area contributed by atoms with Gasteiger partial charge in [-0.3, -0.25) is 14.5 Å². The predicted molar refractivity (Wildman–Crippen MR) is 108 cm³/mol. The van der Waals surface area contributed by atoms with Crippen LogP contribution in [0.25, 0.3) is 5.76 Å². The SMILES string of the molecule is COc1cccc(/C(O)=C2/C(=O)C(=O)N(c3ccccc3)C2c2ccc(C)o2)c1. The Morgan fingerprint density at radius 2 is 1.79 bits per heavy atom. The highest BCUT2D eigenvalue weighted by molar-refractivity contribution is 6.51. The van der Waals surface area contributed by atoms with E-state index in [0.29, 0.717) is 28.5 Å². The van der Waals surface area contributed by atoms with Crippen LogP contribution in [0.5, 0.6) is 5.75 Å². The number of carbonyl (C=O) groups excluding carboxylic acids is 2. The summed E-state index contributed by atoms with van der Waals surface area (Å²) >= 11 is 0. The van der Waals surface area contributed by atoms with E-state index in [1.807, 2.05) is 6.07 Å². The molecule has 0 aliphatic carbocycles. The Bertz CT molecular complexity index is 1110. The molecule has 146 valence electrons. The summed E-state index contributed by atoms with van der Waals surface area (Å²) in [5, 5.41) is 11.0. The number of rotatable bonds is 4. The first-order valence-corrected chi connectivity index (χ1v) is 9.08. The second-order valence-corrected chi connectivity index (χ2v) is 6.69. The highest BCUT2D eigenvalue weighted by Gasteiger charge is 2.48. The summed E-state index contributed by atoms with van der Waals surface area (Å²) in [7, 11) is 1.51. The van der Waals surface area contributed by atoms with Crippen LogP contribution in [0.4, 0.5) is 5.69 Å². The number of nitrogens with zero attached hydrogens (tertiary/aromatic N) is 1. The van der Waals surface area contributed by atoms with Crippen molar-refractivity contribution in [1.29, 1.82) is 0 Å². The van der Waals surface area contributed by atoms with Crippen LogP contribution in [0.3, 0.4) is 0 Å². The fourth-order valence-electron chi connectivity index (χ4n) is 3.48. The van der Waals surface area contributed by atoms with Crippen LogP contribution < -0.4 is 9.64 Å². The van der Waals surface area contributed by atoms with Crippen LogP contribution in [0.1, 0.15) is 23.1 Å². The summed E-state index contributed by atoms with van der Waals surface area (Å²) < 4.78 is 11.0. The Hall–Kier alpha value is -3.80. The molecular weight excluding hydrogens is 370 g/mol. The van der Waals surface area contributed by atoms with Crippen molar-refractivity contribution in [1.82, 2.24) is 0 Å². The van der Waals surface area contributed by atoms with Crippen molar-refractivity contribution in [3.8, 4) is 5.75 Å². The zero-order valence-corrected chi connectivity index (χ0v) is 16.0. The van der Waals surface area contributed by atoms with E-state index in [1.54, 1.807) is 67.6 Å². The number of benzene rings is 2. The molecule has 4 rings (SSSR count). The van der Waals surface area contributed by atoms with E-state index in [4.69, 9.17) is 9.15 Å². The number of furan rings is 1. The summed E-state index contributed by atoms with van der Waals surface area (Å²) in [4.78, 5) is 27.3. The number of Topliss-reactive ketones (excluding diaryl/α,β-unsaturated/α-hetero) is 1. The van der Waals surface area contributed by atoms with E-state index < -0.39 is 17.7 Å². The molecule has 0 spiro atoms. The van der Waals surface area contributed by atoms with Crippen molar-refractivity contribution in [2.24, 2.45) is 0 Å². The van der Waals surface area contributed by atoms with Crippen LogP contribution in [0.2, 0.25) is 0 Å². The molecule has 0 bridgehead atoms. The molecule has 1 unspecified atom stereocenters. The number of carbonyl (C=O) groups is 2. The molecule has 2 aromatic carbocycles. The lowest BCUT2D eigenvalue weighted by Gasteiger charge is -2.23. The fourth-order valence-corrected chi connectivity index (χ4v) is 3.48. The van der Waals surface area contributed by atoms with Gasteiger partial charge in [0.1, 0.15) is 29.1 Å². The highest BCUT2D eigenvalue weighted by Crippen LogP contribution is 2.42. The number of aliphatic hydroxyl groups is 1. The van der Waals surface area contributed by atoms with Crippen molar-refractivity contribution in [2.45, 2.75) is 13.0 Å². The van der Waals surface area contributed by atoms with Gasteiger partial charge in [-0.2, -0.15) is 0 Å². The van der Waals surface area contributed by atoms with Crippen LogP contribution in [0.15, 0.2) is 76.7 Å². The maximum Gasteiger partial charge on any atom is 0.300 e. The molecule has 0 saturated carbocycles. The number of aliphatic hydroxyl groups excluding tert-OH is 1. The third kappa shape index (κ3) is 3.18. The zero-order chi connectivity index (χ0) is 20.5. The highest BCUT2D eigenvalue weighted by atomic mass is 16.5. The van der Waals surface area contributed by atoms with Gasteiger partial charge in [-0.25, -0.2) is 0 Å². The average molecular weight is 389 g/mol. The number of hydrogen-bond donors (Lipinski definition) is 1. The van der Waals surface area contributed by atoms with E-state index in [1.165, 1.54) is 12.0 Å². The average Bonchev–Trinajstić information content (AvgIpc) is 3.29. The number of aryl methyl sites for hydroxylation is 1. The van der Waals surface area contributed by atoms with Gasteiger partial charge >= 0.3 is 0 Å². The quantitative estimate of drug-likeness (QED) is 0.410. The molecule has 3 aromatic rings. The summed E-state index contributed by atoms with van der Waals surface area (Å²) in [6.45, 7) is 1.78. The third-order valence-electron chi connectivity index (χ3n) is 4.85. The van der Waals surface area contributed by atoms with Gasteiger partial charge in [-0.15, -0.1) is 0 Å². The molecule has 6 nitrogen and oxygen atoms in total. The van der Waals surface area contributed by atoms with Gasteiger partial charge in [0.25, 0.3) is 11.7 Å². The Labute approximate surface area is 167 Å². The lowest BCUT2D eigenvalue weighted by Crippen LogP contribution is -2.29. The number of ketones is 1. The molecule has 1 fully saturated rings. The Kier molecular flexibility index (Phi) is 4.68. The lowest BCUT2D eigenvalue weighted by atomic mass is 9.99. The smallest absolute Gasteiger partial charge is 0.300 e. The third-order valence-corrected chi connectivity index (χ3v) is 4.85. The number of para-hydroxylation sites is 1. The van der Waals surface area contributed by atoms with Crippen molar-refractivity contribution in [2.75, 3.05) is 12.0 Å². The van der Waals surface area contributed by atoms with Gasteiger partial charge in [0.05, 0.1) is 12.7 Å². The molecule has 0 radical (unpaired) electrons. The maximum absolute atomic E-state index is 13.0. The summed E-state index contributed by atoms with van der Waals surface area (Å²) in [5.41, 5.74) is 0.892. The Morgan fingerprint density at radius 3 is 2.45 bits per heavy atom. The van der Waals surface area contributed by atoms with Gasteiger partial charge < -0.3 is 14.3 Å². The Balaban J connectivity index is 1.93. The molecule has 1 amide bonds. The number of amides is 1. The minimum atomic E-state index is -0.877. The minimum absolute atomic E-state index is 0.0264. The van der Waals surface area contributed by atoms with Gasteiger partial charge in [-0.05, 0) is 43.3 Å². The van der Waals surface area contributed by atoms with E-state index >= 15 is 0 Å². The summed E-state index contributed by atoms with van der Waals surface area (Å²) in [5.74, 6) is -0.209. The molecular formula is C23H19NO5. The molecule has 1 N–H and O–H groups in total. The van der Waals surface area contributed by atoms with Gasteiger partial charge in [0.15, 0.2) is 0 Å². The molecule has 6 heteroatoms. The van der Waals surface area contributed by atoms with Gasteiger partial charge in [0.2, 0.25) is 0 Å². The molecule has 1 atom stereocenters. The first-order chi connectivity index (χ1) is 14.0. The first kappa shape index (κ1) is 18.6. The van der Waals surface area contributed by atoms with Crippen LogP contribution in [-0.2, 0) is 9.59 Å². The van der Waals surface area contributed by atoms with Crippen LogP contribution >= 0.6 is 0 Å². The van der Waals surface area contributed by atoms with Gasteiger partial charge in [-0.1, -0.05) is 30.3 Å². The molecule has 29 heavy (non-hydrogen) atoms. The second-order valence-electron chi connectivity index (χ2n) is 6.69. The van der Waals surface area contributed by atoms with E-state index in [9.17, 15) is 14.7 Å². The minimum Gasteiger partial charge on any atom is -0.507 e. The summed E-state index contributed by atoms with van der Waals surface area (Å²) in [6, 6.07) is 18.1. The molecule has 1 aliphatic rings. The van der Waals surface area contributed by atoms with Crippen molar-refractivity contribution in [3.63, 3.8) is 0 Å².